The summed E-state index contributed by atoms with van der Waals surface area (Å²) in [6.07, 6.45) is 0.760. The van der Waals surface area contributed by atoms with Crippen LogP contribution in [0.2, 0.25) is 0 Å². The fraction of sp³-hybridized carbons (Fsp3) is 0.421. The second-order valence-corrected chi connectivity index (χ2v) is 9.56. The number of nitrogens with one attached hydrogen (secondary N) is 1. The number of thiophene rings is 1. The van der Waals surface area contributed by atoms with Crippen LogP contribution in [-0.2, 0) is 19.5 Å². The van der Waals surface area contributed by atoms with Crippen LogP contribution >= 0.6 is 11.3 Å². The lowest BCUT2D eigenvalue weighted by Gasteiger charge is -2.25. The van der Waals surface area contributed by atoms with Gasteiger partial charge in [-0.25, -0.2) is 8.42 Å². The van der Waals surface area contributed by atoms with Crippen LogP contribution in [0.15, 0.2) is 40.6 Å². The molecule has 28 heavy (non-hydrogen) atoms. The van der Waals surface area contributed by atoms with Crippen LogP contribution in [0, 0.1) is 0 Å². The van der Waals surface area contributed by atoms with Gasteiger partial charge in [0.2, 0.25) is 0 Å². The Kier molecular flexibility index (Phi) is 7.19. The van der Waals surface area contributed by atoms with Gasteiger partial charge in [-0.1, -0.05) is 12.1 Å². The van der Waals surface area contributed by atoms with Gasteiger partial charge in [-0.15, -0.1) is 11.3 Å². The molecule has 0 saturated carbocycles. The number of nitrogens with zero attached hydrogens (tertiary/aromatic N) is 1. The molecule has 7 nitrogen and oxygen atoms in total. The van der Waals surface area contributed by atoms with Crippen molar-refractivity contribution in [3.05, 3.63) is 42.0 Å². The summed E-state index contributed by atoms with van der Waals surface area (Å²) in [5.41, 5.74) is 1.45. The Balaban J connectivity index is 1.67. The minimum atomic E-state index is -3.49. The summed E-state index contributed by atoms with van der Waals surface area (Å²) in [6, 6.07) is 10.6. The van der Waals surface area contributed by atoms with E-state index in [1.54, 1.807) is 31.4 Å². The third-order valence-corrected chi connectivity index (χ3v) is 7.89. The summed E-state index contributed by atoms with van der Waals surface area (Å²) in [7, 11) is -1.86. The van der Waals surface area contributed by atoms with E-state index in [1.165, 1.54) is 15.6 Å². The van der Waals surface area contributed by atoms with E-state index >= 15 is 0 Å². The Bertz CT molecular complexity index is 887. The van der Waals surface area contributed by atoms with Crippen molar-refractivity contribution < 1.29 is 22.7 Å². The number of benzene rings is 1. The first-order valence-corrected chi connectivity index (χ1v) is 11.3. The van der Waals surface area contributed by atoms with Gasteiger partial charge >= 0.3 is 0 Å². The topological polar surface area (TPSA) is 84.9 Å². The Morgan fingerprint density at radius 1 is 1.18 bits per heavy atom. The smallest absolute Gasteiger partial charge is 0.252 e. The average Bonchev–Trinajstić information content (AvgIpc) is 3.23. The van der Waals surface area contributed by atoms with Gasteiger partial charge < -0.3 is 14.8 Å². The molecule has 0 spiro atoms. The minimum absolute atomic E-state index is 0.135. The normalized spacial score (nSPS) is 15.5. The molecule has 0 atom stereocenters. The van der Waals surface area contributed by atoms with E-state index in [1.807, 2.05) is 12.1 Å². The third-order valence-electron chi connectivity index (χ3n) is 4.39. The predicted octanol–water partition coefficient (Wildman–Crippen LogP) is 2.20. The number of hydrogen-bond donors (Lipinski definition) is 1. The summed E-state index contributed by atoms with van der Waals surface area (Å²) < 4.78 is 37.5. The standard InChI is InChI=1S/C19H24N2O5S2/c1-25-12-2-9-20-19(22)16-5-3-15(4-6-16)17-7-8-18(27-17)28(23,24)21-10-13-26-14-11-21/h3-8H,2,9-14H2,1H3,(H,20,22). The van der Waals surface area contributed by atoms with E-state index in [4.69, 9.17) is 9.47 Å². The highest BCUT2D eigenvalue weighted by atomic mass is 32.2. The fourth-order valence-corrected chi connectivity index (χ4v) is 5.71. The molecule has 152 valence electrons. The second kappa shape index (κ2) is 9.62. The van der Waals surface area contributed by atoms with Crippen molar-refractivity contribution in [2.75, 3.05) is 46.6 Å². The van der Waals surface area contributed by atoms with E-state index in [0.717, 1.165) is 16.9 Å². The predicted molar refractivity (Wildman–Crippen MR) is 108 cm³/mol. The van der Waals surface area contributed by atoms with Gasteiger partial charge in [-0.3, -0.25) is 4.79 Å². The molecule has 1 aliphatic rings. The summed E-state index contributed by atoms with van der Waals surface area (Å²) in [4.78, 5) is 13.0. The van der Waals surface area contributed by atoms with E-state index in [2.05, 4.69) is 5.32 Å². The molecule has 0 unspecified atom stereocenters. The zero-order valence-corrected chi connectivity index (χ0v) is 17.4. The highest BCUT2D eigenvalue weighted by Gasteiger charge is 2.27. The fourth-order valence-electron chi connectivity index (χ4n) is 2.83. The van der Waals surface area contributed by atoms with Crippen LogP contribution in [0.1, 0.15) is 16.8 Å². The van der Waals surface area contributed by atoms with Crippen molar-refractivity contribution in [3.63, 3.8) is 0 Å². The molecule has 1 saturated heterocycles. The molecule has 0 aliphatic carbocycles. The van der Waals surface area contributed by atoms with E-state index in [0.29, 0.717) is 49.2 Å². The number of hydrogen-bond acceptors (Lipinski definition) is 6. The molecule has 1 fully saturated rings. The molecule has 3 rings (SSSR count). The minimum Gasteiger partial charge on any atom is -0.385 e. The van der Waals surface area contributed by atoms with Crippen molar-refractivity contribution >= 4 is 27.3 Å². The van der Waals surface area contributed by atoms with Crippen LogP contribution in [0.5, 0.6) is 0 Å². The molecule has 1 aliphatic heterocycles. The number of methoxy groups -OCH3 is 1. The lowest BCUT2D eigenvalue weighted by molar-refractivity contribution is 0.0731. The summed E-state index contributed by atoms with van der Waals surface area (Å²) in [6.45, 7) is 2.77. The molecule has 9 heteroatoms. The molecule has 1 aromatic heterocycles. The van der Waals surface area contributed by atoms with E-state index < -0.39 is 10.0 Å². The number of ether oxygens (including phenoxy) is 2. The van der Waals surface area contributed by atoms with Crippen LogP contribution in [0.3, 0.4) is 0 Å². The molecule has 0 radical (unpaired) electrons. The molecule has 1 N–H and O–H groups in total. The largest absolute Gasteiger partial charge is 0.385 e. The number of carbonyl (C=O) groups is 1. The molecule has 1 amide bonds. The van der Waals surface area contributed by atoms with Gasteiger partial charge in [0.1, 0.15) is 4.21 Å². The molecule has 1 aromatic carbocycles. The van der Waals surface area contributed by atoms with Gasteiger partial charge in [0, 0.05) is 43.8 Å². The van der Waals surface area contributed by atoms with Crippen molar-refractivity contribution in [2.45, 2.75) is 10.6 Å². The van der Waals surface area contributed by atoms with E-state index in [9.17, 15) is 13.2 Å². The monoisotopic (exact) mass is 424 g/mol. The number of rotatable bonds is 8. The maximum atomic E-state index is 12.7. The Morgan fingerprint density at radius 3 is 2.57 bits per heavy atom. The third kappa shape index (κ3) is 4.98. The Morgan fingerprint density at radius 2 is 1.89 bits per heavy atom. The maximum absolute atomic E-state index is 12.7. The van der Waals surface area contributed by atoms with Crippen molar-refractivity contribution in [3.8, 4) is 10.4 Å². The van der Waals surface area contributed by atoms with Crippen LogP contribution < -0.4 is 5.32 Å². The molecular formula is C19H24N2O5S2. The lowest BCUT2D eigenvalue weighted by Crippen LogP contribution is -2.40. The van der Waals surface area contributed by atoms with Gasteiger partial charge in [-0.2, -0.15) is 4.31 Å². The molecule has 2 heterocycles. The summed E-state index contributed by atoms with van der Waals surface area (Å²) >= 11 is 1.24. The van der Waals surface area contributed by atoms with Gasteiger partial charge in [0.15, 0.2) is 0 Å². The summed E-state index contributed by atoms with van der Waals surface area (Å²) in [5, 5.41) is 2.84. The molecular weight excluding hydrogens is 400 g/mol. The number of sulfonamides is 1. The van der Waals surface area contributed by atoms with Crippen molar-refractivity contribution in [1.82, 2.24) is 9.62 Å². The van der Waals surface area contributed by atoms with Gasteiger partial charge in [0.25, 0.3) is 15.9 Å². The highest BCUT2D eigenvalue weighted by molar-refractivity contribution is 7.91. The Hall–Kier alpha value is -1.78. The first-order chi connectivity index (χ1) is 13.5. The quantitative estimate of drug-likeness (QED) is 0.657. The van der Waals surface area contributed by atoms with Crippen LogP contribution in [-0.4, -0.2) is 65.2 Å². The summed E-state index contributed by atoms with van der Waals surface area (Å²) in [5.74, 6) is -0.135. The SMILES string of the molecule is COCCCNC(=O)c1ccc(-c2ccc(S(=O)(=O)N3CCOCC3)s2)cc1. The first-order valence-electron chi connectivity index (χ1n) is 9.07. The molecule has 2 aromatic rings. The average molecular weight is 425 g/mol. The lowest BCUT2D eigenvalue weighted by atomic mass is 10.1. The van der Waals surface area contributed by atoms with Crippen molar-refractivity contribution in [1.29, 1.82) is 0 Å². The zero-order valence-electron chi connectivity index (χ0n) is 15.7. The highest BCUT2D eigenvalue weighted by Crippen LogP contribution is 2.32. The van der Waals surface area contributed by atoms with Crippen molar-refractivity contribution in [2.24, 2.45) is 0 Å². The maximum Gasteiger partial charge on any atom is 0.252 e. The zero-order chi connectivity index (χ0) is 20.0. The Labute approximate surface area is 169 Å². The second-order valence-electron chi connectivity index (χ2n) is 6.31. The van der Waals surface area contributed by atoms with Crippen LogP contribution in [0.4, 0.5) is 0 Å². The number of carbonyl (C=O) groups excluding carboxylic acids is 1. The number of amides is 1. The van der Waals surface area contributed by atoms with Gasteiger partial charge in [0.05, 0.1) is 13.2 Å². The van der Waals surface area contributed by atoms with Gasteiger partial charge in [-0.05, 0) is 36.2 Å². The van der Waals surface area contributed by atoms with E-state index in [-0.39, 0.29) is 5.91 Å². The first kappa shape index (κ1) is 20.9. The molecule has 0 bridgehead atoms. The van der Waals surface area contributed by atoms with Crippen LogP contribution in [0.25, 0.3) is 10.4 Å². The number of morpholine rings is 1.